The fraction of sp³-hybridized carbons (Fsp3) is 0.769. The molecule has 1 fully saturated rings. The first-order valence-electron chi connectivity index (χ1n) is 6.56. The molecule has 1 aliphatic heterocycles. The molecule has 2 rings (SSSR count). The Bertz CT molecular complexity index is 466. The van der Waals surface area contributed by atoms with Crippen molar-refractivity contribution >= 4 is 12.6 Å². The number of methoxy groups -OCH3 is 1. The van der Waals surface area contributed by atoms with E-state index in [1.165, 1.54) is 0 Å². The molecule has 5 nitrogen and oxygen atoms in total. The molecule has 106 valence electrons. The SMILES string of the molecule is COCc1c(B2OC(C)(C)C(C)(C)O2)c(C)nn1C. The summed E-state index contributed by atoms with van der Waals surface area (Å²) in [5.41, 5.74) is 2.23. The van der Waals surface area contributed by atoms with Crippen LogP contribution in [-0.2, 0) is 27.7 Å². The van der Waals surface area contributed by atoms with Crippen molar-refractivity contribution in [3.63, 3.8) is 0 Å². The van der Waals surface area contributed by atoms with E-state index in [1.807, 2.05) is 18.7 Å². The zero-order valence-corrected chi connectivity index (χ0v) is 12.9. The third-order valence-corrected chi connectivity index (χ3v) is 4.16. The average molecular weight is 266 g/mol. The molecular formula is C13H23BN2O3. The van der Waals surface area contributed by atoms with Crippen LogP contribution in [0, 0.1) is 6.92 Å². The molecule has 1 aromatic heterocycles. The minimum atomic E-state index is -0.385. The molecule has 0 amide bonds. The summed E-state index contributed by atoms with van der Waals surface area (Å²) in [6.07, 6.45) is 0. The Kier molecular flexibility index (Phi) is 3.54. The second-order valence-corrected chi connectivity index (χ2v) is 6.09. The summed E-state index contributed by atoms with van der Waals surface area (Å²) in [4.78, 5) is 0. The number of aromatic nitrogens is 2. The van der Waals surface area contributed by atoms with E-state index in [-0.39, 0.29) is 18.3 Å². The van der Waals surface area contributed by atoms with E-state index in [2.05, 4.69) is 32.8 Å². The first-order valence-corrected chi connectivity index (χ1v) is 6.56. The maximum Gasteiger partial charge on any atom is 0.498 e. The van der Waals surface area contributed by atoms with Crippen LogP contribution in [-0.4, -0.2) is 35.2 Å². The van der Waals surface area contributed by atoms with Gasteiger partial charge in [-0.3, -0.25) is 4.68 Å². The third-order valence-electron chi connectivity index (χ3n) is 4.16. The third kappa shape index (κ3) is 2.33. The first-order chi connectivity index (χ1) is 8.69. The first kappa shape index (κ1) is 14.6. The van der Waals surface area contributed by atoms with Crippen LogP contribution < -0.4 is 5.46 Å². The number of aryl methyl sites for hydroxylation is 2. The van der Waals surface area contributed by atoms with Crippen molar-refractivity contribution in [2.75, 3.05) is 7.11 Å². The average Bonchev–Trinajstić information content (AvgIpc) is 2.63. The highest BCUT2D eigenvalue weighted by molar-refractivity contribution is 6.63. The molecule has 2 heterocycles. The minimum absolute atomic E-state index is 0.343. The van der Waals surface area contributed by atoms with E-state index < -0.39 is 0 Å². The van der Waals surface area contributed by atoms with E-state index >= 15 is 0 Å². The molecule has 0 bridgehead atoms. The normalized spacial score (nSPS) is 21.1. The highest BCUT2D eigenvalue weighted by Gasteiger charge is 2.53. The number of nitrogens with zero attached hydrogens (tertiary/aromatic N) is 2. The molecule has 6 heteroatoms. The zero-order chi connectivity index (χ0) is 14.4. The molecule has 0 aliphatic carbocycles. The van der Waals surface area contributed by atoms with Gasteiger partial charge in [-0.2, -0.15) is 5.10 Å². The fourth-order valence-corrected chi connectivity index (χ4v) is 2.30. The molecule has 0 unspecified atom stereocenters. The summed E-state index contributed by atoms with van der Waals surface area (Å²) < 4.78 is 19.3. The van der Waals surface area contributed by atoms with E-state index in [0.717, 1.165) is 16.9 Å². The van der Waals surface area contributed by atoms with Crippen molar-refractivity contribution in [1.82, 2.24) is 9.78 Å². The lowest BCUT2D eigenvalue weighted by Gasteiger charge is -2.32. The van der Waals surface area contributed by atoms with Crippen LogP contribution in [0.15, 0.2) is 0 Å². The van der Waals surface area contributed by atoms with Gasteiger partial charge in [0, 0.05) is 19.6 Å². The minimum Gasteiger partial charge on any atom is -0.399 e. The van der Waals surface area contributed by atoms with Gasteiger partial charge < -0.3 is 14.0 Å². The molecule has 0 saturated carbocycles. The lowest BCUT2D eigenvalue weighted by Crippen LogP contribution is -2.41. The molecule has 1 aliphatic rings. The van der Waals surface area contributed by atoms with Crippen LogP contribution in [0.4, 0.5) is 0 Å². The maximum atomic E-state index is 6.10. The van der Waals surface area contributed by atoms with Crippen LogP contribution in [0.2, 0.25) is 0 Å². The Hall–Kier alpha value is -0.845. The Labute approximate surface area is 115 Å². The number of rotatable bonds is 3. The van der Waals surface area contributed by atoms with Crippen LogP contribution in [0.5, 0.6) is 0 Å². The van der Waals surface area contributed by atoms with Crippen molar-refractivity contribution in [1.29, 1.82) is 0 Å². The van der Waals surface area contributed by atoms with Gasteiger partial charge in [0.2, 0.25) is 0 Å². The molecule has 1 saturated heterocycles. The second-order valence-electron chi connectivity index (χ2n) is 6.09. The highest BCUT2D eigenvalue weighted by atomic mass is 16.7. The lowest BCUT2D eigenvalue weighted by molar-refractivity contribution is 0.00578. The smallest absolute Gasteiger partial charge is 0.399 e. The zero-order valence-electron chi connectivity index (χ0n) is 12.9. The van der Waals surface area contributed by atoms with Crippen LogP contribution in [0.1, 0.15) is 39.1 Å². The monoisotopic (exact) mass is 266 g/mol. The van der Waals surface area contributed by atoms with Gasteiger partial charge in [0.25, 0.3) is 0 Å². The van der Waals surface area contributed by atoms with Gasteiger partial charge in [-0.1, -0.05) is 0 Å². The second kappa shape index (κ2) is 4.61. The quantitative estimate of drug-likeness (QED) is 0.770. The van der Waals surface area contributed by atoms with Crippen molar-refractivity contribution in [2.24, 2.45) is 7.05 Å². The van der Waals surface area contributed by atoms with Crippen molar-refractivity contribution in [3.05, 3.63) is 11.4 Å². The molecule has 0 radical (unpaired) electrons. The van der Waals surface area contributed by atoms with Crippen molar-refractivity contribution in [3.8, 4) is 0 Å². The number of ether oxygens (including phenoxy) is 1. The van der Waals surface area contributed by atoms with Gasteiger partial charge in [0.15, 0.2) is 0 Å². The Morgan fingerprint density at radius 1 is 1.21 bits per heavy atom. The van der Waals surface area contributed by atoms with Gasteiger partial charge in [-0.05, 0) is 34.6 Å². The maximum absolute atomic E-state index is 6.10. The predicted octanol–water partition coefficient (Wildman–Crippen LogP) is 1.17. The van der Waals surface area contributed by atoms with Crippen LogP contribution >= 0.6 is 0 Å². The number of hydrogen-bond donors (Lipinski definition) is 0. The van der Waals surface area contributed by atoms with Crippen LogP contribution in [0.3, 0.4) is 0 Å². The van der Waals surface area contributed by atoms with Gasteiger partial charge in [-0.25, -0.2) is 0 Å². The lowest BCUT2D eigenvalue weighted by atomic mass is 9.77. The molecular weight excluding hydrogens is 243 g/mol. The summed E-state index contributed by atoms with van der Waals surface area (Å²) in [7, 11) is 3.20. The van der Waals surface area contributed by atoms with Gasteiger partial charge >= 0.3 is 7.12 Å². The molecule has 0 spiro atoms. The topological polar surface area (TPSA) is 45.5 Å². The largest absolute Gasteiger partial charge is 0.498 e. The molecule has 0 aromatic carbocycles. The molecule has 0 atom stereocenters. The Morgan fingerprint density at radius 2 is 1.74 bits per heavy atom. The summed E-state index contributed by atoms with van der Waals surface area (Å²) in [5.74, 6) is 0. The summed E-state index contributed by atoms with van der Waals surface area (Å²) in [6, 6.07) is 0. The Balaban J connectivity index is 2.39. The van der Waals surface area contributed by atoms with E-state index in [4.69, 9.17) is 14.0 Å². The Morgan fingerprint density at radius 3 is 2.21 bits per heavy atom. The molecule has 19 heavy (non-hydrogen) atoms. The van der Waals surface area contributed by atoms with Gasteiger partial charge in [-0.15, -0.1) is 0 Å². The fourth-order valence-electron chi connectivity index (χ4n) is 2.30. The van der Waals surface area contributed by atoms with E-state index in [9.17, 15) is 0 Å². The predicted molar refractivity (Wildman–Crippen MR) is 74.4 cm³/mol. The molecule has 1 aromatic rings. The molecule has 0 N–H and O–H groups in total. The summed E-state index contributed by atoms with van der Waals surface area (Å²) >= 11 is 0. The van der Waals surface area contributed by atoms with Crippen LogP contribution in [0.25, 0.3) is 0 Å². The van der Waals surface area contributed by atoms with E-state index in [0.29, 0.717) is 6.61 Å². The van der Waals surface area contributed by atoms with Crippen molar-refractivity contribution < 1.29 is 14.0 Å². The van der Waals surface area contributed by atoms with Gasteiger partial charge in [0.1, 0.15) is 0 Å². The van der Waals surface area contributed by atoms with Crippen molar-refractivity contribution in [2.45, 2.75) is 52.4 Å². The number of hydrogen-bond acceptors (Lipinski definition) is 4. The van der Waals surface area contributed by atoms with Gasteiger partial charge in [0.05, 0.1) is 29.2 Å². The summed E-state index contributed by atoms with van der Waals surface area (Å²) in [6.45, 7) is 10.7. The summed E-state index contributed by atoms with van der Waals surface area (Å²) in [5, 5.41) is 4.45. The standard InChI is InChI=1S/C13H23BN2O3/c1-9-11(10(8-17-7)16(6)15-9)14-18-12(2,3)13(4,5)19-14/h8H2,1-7H3. The highest BCUT2D eigenvalue weighted by Crippen LogP contribution is 2.36. The van der Waals surface area contributed by atoms with E-state index in [1.54, 1.807) is 7.11 Å².